The minimum absolute atomic E-state index is 0.0370. The SMILES string of the molecule is CN1C(=O)S/C(=C\c2ccc(O)c(OCc3cnc(-c4ccncc4)nc3)c2)C1=O. The third-order valence-electron chi connectivity index (χ3n) is 4.31. The summed E-state index contributed by atoms with van der Waals surface area (Å²) in [6.07, 6.45) is 8.24. The zero-order valence-corrected chi connectivity index (χ0v) is 16.7. The molecule has 1 aliphatic heterocycles. The highest BCUT2D eigenvalue weighted by Crippen LogP contribution is 2.33. The zero-order chi connectivity index (χ0) is 21.1. The maximum absolute atomic E-state index is 12.0. The van der Waals surface area contributed by atoms with Gasteiger partial charge >= 0.3 is 0 Å². The average Bonchev–Trinajstić information content (AvgIpc) is 3.01. The van der Waals surface area contributed by atoms with Gasteiger partial charge in [0.15, 0.2) is 17.3 Å². The Hall–Kier alpha value is -3.72. The molecule has 9 heteroatoms. The minimum atomic E-state index is -0.355. The van der Waals surface area contributed by atoms with E-state index in [9.17, 15) is 14.7 Å². The van der Waals surface area contributed by atoms with Crippen LogP contribution >= 0.6 is 11.8 Å². The van der Waals surface area contributed by atoms with Crippen molar-refractivity contribution >= 4 is 29.0 Å². The van der Waals surface area contributed by atoms with Crippen LogP contribution in [0.2, 0.25) is 0 Å². The molecule has 4 rings (SSSR count). The van der Waals surface area contributed by atoms with E-state index in [-0.39, 0.29) is 29.3 Å². The smallest absolute Gasteiger partial charge is 0.293 e. The van der Waals surface area contributed by atoms with E-state index in [1.165, 1.54) is 13.1 Å². The normalized spacial score (nSPS) is 15.1. The fourth-order valence-electron chi connectivity index (χ4n) is 2.67. The molecule has 0 unspecified atom stereocenters. The van der Waals surface area contributed by atoms with Crippen LogP contribution in [0, 0.1) is 0 Å². The summed E-state index contributed by atoms with van der Waals surface area (Å²) >= 11 is 0.871. The summed E-state index contributed by atoms with van der Waals surface area (Å²) in [5.74, 6) is 0.436. The molecule has 1 saturated heterocycles. The van der Waals surface area contributed by atoms with Crippen LogP contribution < -0.4 is 4.74 Å². The summed E-state index contributed by atoms with van der Waals surface area (Å²) in [5, 5.41) is 9.76. The summed E-state index contributed by atoms with van der Waals surface area (Å²) in [6.45, 7) is 0.152. The molecule has 1 fully saturated rings. The Labute approximate surface area is 176 Å². The Kier molecular flexibility index (Phi) is 5.44. The quantitative estimate of drug-likeness (QED) is 0.626. The van der Waals surface area contributed by atoms with Crippen LogP contribution in [-0.2, 0) is 11.4 Å². The van der Waals surface area contributed by atoms with Crippen LogP contribution in [0.3, 0.4) is 0 Å². The first-order valence-corrected chi connectivity index (χ1v) is 9.71. The molecule has 0 aliphatic carbocycles. The van der Waals surface area contributed by atoms with Crippen molar-refractivity contribution < 1.29 is 19.4 Å². The Balaban J connectivity index is 1.47. The van der Waals surface area contributed by atoms with Gasteiger partial charge in [-0.05, 0) is 47.7 Å². The van der Waals surface area contributed by atoms with E-state index in [0.29, 0.717) is 16.3 Å². The highest BCUT2D eigenvalue weighted by Gasteiger charge is 2.31. The number of pyridine rings is 1. The number of imide groups is 1. The molecule has 150 valence electrons. The average molecular weight is 420 g/mol. The fraction of sp³-hybridized carbons (Fsp3) is 0.0952. The lowest BCUT2D eigenvalue weighted by atomic mass is 10.2. The molecule has 0 saturated carbocycles. The van der Waals surface area contributed by atoms with E-state index < -0.39 is 0 Å². The molecule has 1 aliphatic rings. The number of phenolic OH excluding ortho intramolecular Hbond substituents is 1. The van der Waals surface area contributed by atoms with E-state index in [1.54, 1.807) is 43.0 Å². The number of hydrogen-bond acceptors (Lipinski definition) is 8. The molecule has 1 aromatic carbocycles. The first-order valence-electron chi connectivity index (χ1n) is 8.90. The molecule has 3 heterocycles. The fourth-order valence-corrected chi connectivity index (χ4v) is 3.50. The van der Waals surface area contributed by atoms with Gasteiger partial charge in [0.2, 0.25) is 0 Å². The van der Waals surface area contributed by atoms with Crippen molar-refractivity contribution in [1.29, 1.82) is 0 Å². The topological polar surface area (TPSA) is 106 Å². The van der Waals surface area contributed by atoms with Crippen molar-refractivity contribution in [2.75, 3.05) is 7.05 Å². The molecule has 0 radical (unpaired) electrons. The molecule has 2 aromatic heterocycles. The number of aromatic hydroxyl groups is 1. The molecule has 8 nitrogen and oxygen atoms in total. The Bertz CT molecular complexity index is 1130. The predicted octanol–water partition coefficient (Wildman–Crippen LogP) is 3.49. The van der Waals surface area contributed by atoms with Crippen LogP contribution in [-0.4, -0.2) is 43.2 Å². The second kappa shape index (κ2) is 8.34. The lowest BCUT2D eigenvalue weighted by molar-refractivity contribution is -0.121. The number of phenols is 1. The Morgan fingerprint density at radius 2 is 1.87 bits per heavy atom. The van der Waals surface area contributed by atoms with Crippen LogP contribution in [0.25, 0.3) is 17.5 Å². The van der Waals surface area contributed by atoms with Gasteiger partial charge in [-0.25, -0.2) is 9.97 Å². The largest absolute Gasteiger partial charge is 0.504 e. The molecule has 1 N–H and O–H groups in total. The van der Waals surface area contributed by atoms with Gasteiger partial charge in [0.05, 0.1) is 4.91 Å². The molecule has 0 atom stereocenters. The number of nitrogens with zero attached hydrogens (tertiary/aromatic N) is 4. The number of ether oxygens (including phenoxy) is 1. The molecule has 0 bridgehead atoms. The monoisotopic (exact) mass is 420 g/mol. The number of likely N-dealkylation sites (N-methyl/N-ethyl adjacent to an activating group) is 1. The van der Waals surface area contributed by atoms with Crippen molar-refractivity contribution in [2.24, 2.45) is 0 Å². The van der Waals surface area contributed by atoms with Gasteiger partial charge in [0.1, 0.15) is 6.61 Å². The number of aromatic nitrogens is 3. The van der Waals surface area contributed by atoms with Crippen LogP contribution in [0.1, 0.15) is 11.1 Å². The van der Waals surface area contributed by atoms with Crippen LogP contribution in [0.15, 0.2) is 60.0 Å². The van der Waals surface area contributed by atoms with Crippen LogP contribution in [0.5, 0.6) is 11.5 Å². The molecule has 3 aromatic rings. The molecule has 0 spiro atoms. The first-order chi connectivity index (χ1) is 14.5. The number of carbonyl (C=O) groups excluding carboxylic acids is 2. The molecule has 30 heavy (non-hydrogen) atoms. The predicted molar refractivity (Wildman–Crippen MR) is 111 cm³/mol. The number of hydrogen-bond donors (Lipinski definition) is 1. The zero-order valence-electron chi connectivity index (χ0n) is 15.8. The van der Waals surface area contributed by atoms with Gasteiger partial charge in [0, 0.05) is 43.0 Å². The van der Waals surface area contributed by atoms with Gasteiger partial charge in [-0.3, -0.25) is 19.5 Å². The summed E-state index contributed by atoms with van der Waals surface area (Å²) in [5.41, 5.74) is 2.22. The van der Waals surface area contributed by atoms with Crippen molar-refractivity contribution in [1.82, 2.24) is 19.9 Å². The van der Waals surface area contributed by atoms with E-state index in [1.807, 2.05) is 12.1 Å². The second-order valence-electron chi connectivity index (χ2n) is 6.41. The highest BCUT2D eigenvalue weighted by molar-refractivity contribution is 8.18. The number of thioether (sulfide) groups is 1. The Morgan fingerprint density at radius 3 is 2.53 bits per heavy atom. The van der Waals surface area contributed by atoms with Gasteiger partial charge in [-0.1, -0.05) is 6.07 Å². The van der Waals surface area contributed by atoms with E-state index in [4.69, 9.17) is 4.74 Å². The second-order valence-corrected chi connectivity index (χ2v) is 7.40. The van der Waals surface area contributed by atoms with Crippen LogP contribution in [0.4, 0.5) is 4.79 Å². The van der Waals surface area contributed by atoms with Gasteiger partial charge < -0.3 is 9.84 Å². The first kappa shape index (κ1) is 19.6. The number of rotatable bonds is 5. The minimum Gasteiger partial charge on any atom is -0.504 e. The van der Waals surface area contributed by atoms with Gasteiger partial charge in [-0.15, -0.1) is 0 Å². The van der Waals surface area contributed by atoms with Gasteiger partial charge in [-0.2, -0.15) is 0 Å². The van der Waals surface area contributed by atoms with Crippen molar-refractivity contribution in [3.8, 4) is 22.9 Å². The van der Waals surface area contributed by atoms with Gasteiger partial charge in [0.25, 0.3) is 11.1 Å². The lowest BCUT2D eigenvalue weighted by Gasteiger charge is -2.09. The highest BCUT2D eigenvalue weighted by atomic mass is 32.2. The number of amides is 2. The summed E-state index contributed by atoms with van der Waals surface area (Å²) in [4.78, 5) is 37.7. The summed E-state index contributed by atoms with van der Waals surface area (Å²) in [7, 11) is 1.44. The van der Waals surface area contributed by atoms with E-state index in [0.717, 1.165) is 27.8 Å². The summed E-state index contributed by atoms with van der Waals surface area (Å²) in [6, 6.07) is 8.36. The third kappa shape index (κ3) is 4.15. The Morgan fingerprint density at radius 1 is 1.13 bits per heavy atom. The van der Waals surface area contributed by atoms with Crippen molar-refractivity contribution in [2.45, 2.75) is 6.61 Å². The maximum Gasteiger partial charge on any atom is 0.293 e. The van der Waals surface area contributed by atoms with Crippen molar-refractivity contribution in [3.63, 3.8) is 0 Å². The number of carbonyl (C=O) groups is 2. The number of benzene rings is 1. The molecular formula is C21H16N4O4S. The summed E-state index contributed by atoms with van der Waals surface area (Å²) < 4.78 is 5.70. The maximum atomic E-state index is 12.0. The van der Waals surface area contributed by atoms with E-state index in [2.05, 4.69) is 15.0 Å². The standard InChI is InChI=1S/C21H16N4O4S/c1-25-20(27)18(30-21(25)28)9-13-2-3-16(26)17(8-13)29-12-14-10-23-19(24-11-14)15-4-6-22-7-5-15/h2-11,26H,12H2,1H3/b18-9-. The lowest BCUT2D eigenvalue weighted by Crippen LogP contribution is -2.22. The van der Waals surface area contributed by atoms with E-state index >= 15 is 0 Å². The molecular weight excluding hydrogens is 404 g/mol. The van der Waals surface area contributed by atoms with Crippen molar-refractivity contribution in [3.05, 3.63) is 71.2 Å². The third-order valence-corrected chi connectivity index (χ3v) is 5.27. The molecule has 2 amide bonds.